The molecule has 3 aromatic carbocycles. The normalized spacial score (nSPS) is 12.5. The van der Waals surface area contributed by atoms with Crippen LogP contribution in [0, 0.1) is 19.7 Å². The van der Waals surface area contributed by atoms with Crippen molar-refractivity contribution < 1.29 is 22.4 Å². The van der Waals surface area contributed by atoms with Crippen molar-refractivity contribution >= 4 is 27.5 Å². The molecule has 0 saturated carbocycles. The highest BCUT2D eigenvalue weighted by Gasteiger charge is 2.32. The highest BCUT2D eigenvalue weighted by atomic mass is 32.2. The van der Waals surface area contributed by atoms with Crippen molar-refractivity contribution in [2.45, 2.75) is 72.0 Å². The van der Waals surface area contributed by atoms with E-state index in [1.165, 1.54) is 15.3 Å². The van der Waals surface area contributed by atoms with Gasteiger partial charge in [0.1, 0.15) is 11.9 Å². The molecule has 2 amide bonds. The molecular formula is C33H42FN3O4S. The third-order valence-electron chi connectivity index (χ3n) is 7.00. The van der Waals surface area contributed by atoms with E-state index in [9.17, 15) is 22.4 Å². The molecule has 0 saturated heterocycles. The van der Waals surface area contributed by atoms with Gasteiger partial charge in [-0.25, -0.2) is 12.8 Å². The van der Waals surface area contributed by atoms with Crippen LogP contribution in [-0.4, -0.2) is 49.5 Å². The van der Waals surface area contributed by atoms with Crippen molar-refractivity contribution in [1.29, 1.82) is 0 Å². The lowest BCUT2D eigenvalue weighted by Gasteiger charge is -2.34. The van der Waals surface area contributed by atoms with E-state index in [0.717, 1.165) is 22.9 Å². The Kier molecular flexibility index (Phi) is 10.9. The number of anilines is 1. The van der Waals surface area contributed by atoms with E-state index in [1.807, 2.05) is 77.1 Å². The molecule has 7 nitrogen and oxygen atoms in total. The zero-order valence-electron chi connectivity index (χ0n) is 25.4. The van der Waals surface area contributed by atoms with Gasteiger partial charge in [-0.2, -0.15) is 0 Å². The van der Waals surface area contributed by atoms with Gasteiger partial charge in [0.05, 0.1) is 11.9 Å². The first-order valence-electron chi connectivity index (χ1n) is 14.1. The number of amides is 2. The van der Waals surface area contributed by atoms with Gasteiger partial charge in [0.25, 0.3) is 0 Å². The zero-order valence-corrected chi connectivity index (χ0v) is 26.2. The molecule has 9 heteroatoms. The van der Waals surface area contributed by atoms with Gasteiger partial charge in [-0.1, -0.05) is 54.6 Å². The maximum Gasteiger partial charge on any atom is 0.243 e. The first kappa shape index (κ1) is 32.8. The third-order valence-corrected chi connectivity index (χ3v) is 8.19. The fourth-order valence-electron chi connectivity index (χ4n) is 4.70. The number of hydrogen-bond acceptors (Lipinski definition) is 4. The molecule has 1 atom stereocenters. The fourth-order valence-corrected chi connectivity index (χ4v) is 5.66. The highest BCUT2D eigenvalue weighted by Crippen LogP contribution is 2.23. The molecular weight excluding hydrogens is 553 g/mol. The molecule has 0 radical (unpaired) electrons. The van der Waals surface area contributed by atoms with Crippen LogP contribution in [-0.2, 0) is 32.6 Å². The van der Waals surface area contributed by atoms with E-state index < -0.39 is 27.4 Å². The summed E-state index contributed by atoms with van der Waals surface area (Å²) >= 11 is 0. The molecule has 0 bridgehead atoms. The van der Waals surface area contributed by atoms with E-state index in [-0.39, 0.29) is 44.2 Å². The Balaban J connectivity index is 1.92. The Morgan fingerprint density at radius 2 is 1.57 bits per heavy atom. The van der Waals surface area contributed by atoms with Crippen molar-refractivity contribution in [2.24, 2.45) is 0 Å². The predicted molar refractivity (Wildman–Crippen MR) is 166 cm³/mol. The Morgan fingerprint density at radius 3 is 2.17 bits per heavy atom. The van der Waals surface area contributed by atoms with E-state index >= 15 is 0 Å². The summed E-state index contributed by atoms with van der Waals surface area (Å²) in [6.45, 7) is 9.43. The number of aryl methyl sites for hydroxylation is 2. The Bertz CT molecular complexity index is 1490. The number of carbonyl (C=O) groups excluding carboxylic acids is 2. The second kappa shape index (κ2) is 14.0. The molecule has 42 heavy (non-hydrogen) atoms. The first-order chi connectivity index (χ1) is 19.7. The van der Waals surface area contributed by atoms with E-state index in [1.54, 1.807) is 24.3 Å². The Labute approximate surface area is 249 Å². The number of rotatable bonds is 12. The summed E-state index contributed by atoms with van der Waals surface area (Å²) in [5, 5.41) is 2.99. The number of carbonyl (C=O) groups is 2. The van der Waals surface area contributed by atoms with Crippen LogP contribution in [0.25, 0.3) is 0 Å². The minimum atomic E-state index is -3.62. The average molecular weight is 596 g/mol. The molecule has 226 valence electrons. The molecule has 1 unspecified atom stereocenters. The maximum atomic E-state index is 14.8. The van der Waals surface area contributed by atoms with Gasteiger partial charge in [-0.05, 0) is 75.9 Å². The lowest BCUT2D eigenvalue weighted by molar-refractivity contribution is -0.142. The van der Waals surface area contributed by atoms with Gasteiger partial charge < -0.3 is 10.2 Å². The summed E-state index contributed by atoms with van der Waals surface area (Å²) in [6, 6.07) is 20.1. The SMILES string of the molecule is Cc1ccc(N(CCCC(=O)N(Cc2ccccc2F)C(Cc2ccccc2)C(=O)NC(C)(C)C)S(C)(=O)=O)cc1C. The van der Waals surface area contributed by atoms with Crippen molar-refractivity contribution in [3.63, 3.8) is 0 Å². The summed E-state index contributed by atoms with van der Waals surface area (Å²) < 4.78 is 41.5. The minimum absolute atomic E-state index is 0.0284. The topological polar surface area (TPSA) is 86.8 Å². The maximum absolute atomic E-state index is 14.8. The van der Waals surface area contributed by atoms with Gasteiger partial charge in [0.15, 0.2) is 0 Å². The summed E-state index contributed by atoms with van der Waals surface area (Å²) in [6.07, 6.45) is 1.56. The molecule has 0 heterocycles. The van der Waals surface area contributed by atoms with Crippen LogP contribution in [0.15, 0.2) is 72.8 Å². The number of sulfonamides is 1. The monoisotopic (exact) mass is 595 g/mol. The number of benzene rings is 3. The number of nitrogens with zero attached hydrogens (tertiary/aromatic N) is 2. The predicted octanol–water partition coefficient (Wildman–Crippen LogP) is 5.54. The molecule has 0 aliphatic heterocycles. The third kappa shape index (κ3) is 9.41. The summed E-state index contributed by atoms with van der Waals surface area (Å²) in [4.78, 5) is 29.0. The van der Waals surface area contributed by atoms with Crippen LogP contribution in [0.1, 0.15) is 55.9 Å². The first-order valence-corrected chi connectivity index (χ1v) is 15.9. The zero-order chi connectivity index (χ0) is 31.1. The summed E-state index contributed by atoms with van der Waals surface area (Å²) in [5.41, 5.74) is 3.13. The minimum Gasteiger partial charge on any atom is -0.350 e. The molecule has 0 spiro atoms. The van der Waals surface area contributed by atoms with Crippen molar-refractivity contribution in [2.75, 3.05) is 17.1 Å². The second-order valence-corrected chi connectivity index (χ2v) is 13.7. The van der Waals surface area contributed by atoms with Crippen LogP contribution in [0.2, 0.25) is 0 Å². The van der Waals surface area contributed by atoms with Gasteiger partial charge in [-0.15, -0.1) is 0 Å². The fraction of sp³-hybridized carbons (Fsp3) is 0.394. The number of hydrogen-bond donors (Lipinski definition) is 1. The highest BCUT2D eigenvalue weighted by molar-refractivity contribution is 7.92. The molecule has 0 aliphatic carbocycles. The molecule has 1 N–H and O–H groups in total. The van der Waals surface area contributed by atoms with Crippen LogP contribution < -0.4 is 9.62 Å². The average Bonchev–Trinajstić information content (AvgIpc) is 2.90. The Morgan fingerprint density at radius 1 is 0.929 bits per heavy atom. The quantitative estimate of drug-likeness (QED) is 0.298. The molecule has 3 rings (SSSR count). The molecule has 0 aromatic heterocycles. The second-order valence-electron chi connectivity index (χ2n) is 11.8. The van der Waals surface area contributed by atoms with Gasteiger partial charge in [0.2, 0.25) is 21.8 Å². The number of nitrogens with one attached hydrogen (secondary N) is 1. The lowest BCUT2D eigenvalue weighted by atomic mass is 10.00. The van der Waals surface area contributed by atoms with Gasteiger partial charge >= 0.3 is 0 Å². The van der Waals surface area contributed by atoms with Gasteiger partial charge in [0, 0.05) is 37.0 Å². The van der Waals surface area contributed by atoms with Gasteiger partial charge in [-0.3, -0.25) is 13.9 Å². The van der Waals surface area contributed by atoms with E-state index in [4.69, 9.17) is 0 Å². The van der Waals surface area contributed by atoms with Crippen LogP contribution in [0.3, 0.4) is 0 Å². The van der Waals surface area contributed by atoms with Crippen LogP contribution in [0.4, 0.5) is 10.1 Å². The van der Waals surface area contributed by atoms with Crippen molar-refractivity contribution in [3.8, 4) is 0 Å². The largest absolute Gasteiger partial charge is 0.350 e. The Hall–Kier alpha value is -3.72. The summed E-state index contributed by atoms with van der Waals surface area (Å²) in [7, 11) is -3.62. The van der Waals surface area contributed by atoms with Crippen molar-refractivity contribution in [3.05, 3.63) is 101 Å². The smallest absolute Gasteiger partial charge is 0.243 e. The number of halogens is 1. The molecule has 3 aromatic rings. The standard InChI is InChI=1S/C33H42FN3O4S/c1-24-18-19-28(21-25(24)2)37(42(6,40)41)20-12-17-31(38)36(23-27-15-10-11-16-29(27)34)30(32(39)35-33(3,4)5)22-26-13-8-7-9-14-26/h7-11,13-16,18-19,21,30H,12,17,20,22-23H2,1-6H3,(H,35,39). The van der Waals surface area contributed by atoms with E-state index in [0.29, 0.717) is 11.3 Å². The van der Waals surface area contributed by atoms with Crippen LogP contribution in [0.5, 0.6) is 0 Å². The lowest BCUT2D eigenvalue weighted by Crippen LogP contribution is -2.54. The van der Waals surface area contributed by atoms with Crippen LogP contribution >= 0.6 is 0 Å². The summed E-state index contributed by atoms with van der Waals surface area (Å²) in [5.74, 6) is -1.18. The van der Waals surface area contributed by atoms with E-state index in [2.05, 4.69) is 5.32 Å². The molecule has 0 aliphatic rings. The molecule has 0 fully saturated rings. The van der Waals surface area contributed by atoms with Crippen molar-refractivity contribution in [1.82, 2.24) is 10.2 Å².